The molecule has 1 aliphatic heterocycles. The van der Waals surface area contributed by atoms with Gasteiger partial charge in [-0.1, -0.05) is 32.9 Å². The van der Waals surface area contributed by atoms with E-state index in [1.165, 1.54) is 5.56 Å². The van der Waals surface area contributed by atoms with Crippen LogP contribution in [0.5, 0.6) is 0 Å². The monoisotopic (exact) mass is 316 g/mol. The van der Waals surface area contributed by atoms with Crippen LogP contribution >= 0.6 is 0 Å². The summed E-state index contributed by atoms with van der Waals surface area (Å²) in [7, 11) is 1.95. The van der Waals surface area contributed by atoms with Crippen LogP contribution in [0.1, 0.15) is 63.4 Å². The van der Waals surface area contributed by atoms with Crippen molar-refractivity contribution < 1.29 is 4.79 Å². The van der Waals surface area contributed by atoms with Crippen LogP contribution in [-0.2, 0) is 5.41 Å². The summed E-state index contributed by atoms with van der Waals surface area (Å²) in [5.41, 5.74) is 2.19. The van der Waals surface area contributed by atoms with E-state index in [4.69, 9.17) is 0 Å². The van der Waals surface area contributed by atoms with Crippen molar-refractivity contribution in [1.29, 1.82) is 0 Å². The second-order valence-electron chi connectivity index (χ2n) is 8.10. The molecular formula is C20H32N2O. The molecule has 0 radical (unpaired) electrons. The molecule has 1 aromatic rings. The summed E-state index contributed by atoms with van der Waals surface area (Å²) in [6, 6.07) is 9.08. The molecule has 3 nitrogen and oxygen atoms in total. The number of hydrogen-bond acceptors (Lipinski definition) is 2. The lowest BCUT2D eigenvalue weighted by Crippen LogP contribution is -2.47. The number of hydrogen-bond donors (Lipinski definition) is 0. The number of nitrogens with zero attached hydrogens (tertiary/aromatic N) is 2. The van der Waals surface area contributed by atoms with Gasteiger partial charge in [-0.05, 0) is 49.8 Å². The van der Waals surface area contributed by atoms with Gasteiger partial charge in [0.1, 0.15) is 0 Å². The Labute approximate surface area is 141 Å². The first-order chi connectivity index (χ1) is 10.7. The molecule has 2 rings (SSSR count). The van der Waals surface area contributed by atoms with Crippen LogP contribution in [0.3, 0.4) is 0 Å². The van der Waals surface area contributed by atoms with E-state index >= 15 is 0 Å². The molecule has 0 N–H and O–H groups in total. The molecule has 3 heteroatoms. The van der Waals surface area contributed by atoms with Gasteiger partial charge in [0.25, 0.3) is 5.91 Å². The first-order valence-electron chi connectivity index (χ1n) is 8.82. The molecule has 0 bridgehead atoms. The number of rotatable bonds is 3. The Kier molecular flexibility index (Phi) is 5.51. The van der Waals surface area contributed by atoms with Crippen molar-refractivity contribution in [2.75, 3.05) is 20.1 Å². The van der Waals surface area contributed by atoms with Crippen LogP contribution in [0.2, 0.25) is 0 Å². The zero-order valence-electron chi connectivity index (χ0n) is 15.6. The summed E-state index contributed by atoms with van der Waals surface area (Å²) in [4.78, 5) is 17.2. The Morgan fingerprint density at radius 2 is 1.65 bits per heavy atom. The number of carbonyl (C=O) groups excluding carboxylic acids is 1. The van der Waals surface area contributed by atoms with Crippen LogP contribution in [0.4, 0.5) is 0 Å². The van der Waals surface area contributed by atoms with Crippen molar-refractivity contribution in [1.82, 2.24) is 9.80 Å². The van der Waals surface area contributed by atoms with Crippen molar-refractivity contribution >= 4 is 5.91 Å². The molecule has 1 saturated heterocycles. The third-order valence-corrected chi connectivity index (χ3v) is 5.10. The lowest BCUT2D eigenvalue weighted by Gasteiger charge is -2.38. The Morgan fingerprint density at radius 1 is 1.13 bits per heavy atom. The second kappa shape index (κ2) is 7.04. The summed E-state index contributed by atoms with van der Waals surface area (Å²) in [5.74, 6) is 0.147. The predicted molar refractivity (Wildman–Crippen MR) is 97.0 cm³/mol. The van der Waals surface area contributed by atoms with E-state index in [-0.39, 0.29) is 11.3 Å². The van der Waals surface area contributed by atoms with E-state index in [2.05, 4.69) is 51.7 Å². The highest BCUT2D eigenvalue weighted by Crippen LogP contribution is 2.23. The maximum absolute atomic E-state index is 12.7. The van der Waals surface area contributed by atoms with Crippen LogP contribution in [0, 0.1) is 0 Å². The van der Waals surface area contributed by atoms with Crippen molar-refractivity contribution in [2.45, 2.75) is 65.0 Å². The van der Waals surface area contributed by atoms with Gasteiger partial charge in [-0.15, -0.1) is 0 Å². The lowest BCUT2D eigenvalue weighted by molar-refractivity contribution is 0.0615. The van der Waals surface area contributed by atoms with Gasteiger partial charge in [-0.25, -0.2) is 0 Å². The largest absolute Gasteiger partial charge is 0.339 e. The molecule has 0 spiro atoms. The summed E-state index contributed by atoms with van der Waals surface area (Å²) in [5, 5.41) is 0. The SMILES string of the molecule is CC(C)N1CCC(N(C)C(=O)c2ccc(C(C)(C)C)cc2)CC1. The molecule has 0 atom stereocenters. The fourth-order valence-electron chi connectivity index (χ4n) is 3.27. The Hall–Kier alpha value is -1.35. The van der Waals surface area contributed by atoms with E-state index in [9.17, 15) is 4.79 Å². The third-order valence-electron chi connectivity index (χ3n) is 5.10. The number of piperidine rings is 1. The highest BCUT2D eigenvalue weighted by Gasteiger charge is 2.27. The van der Waals surface area contributed by atoms with E-state index in [0.717, 1.165) is 31.5 Å². The zero-order valence-corrected chi connectivity index (χ0v) is 15.6. The minimum atomic E-state index is 0.122. The van der Waals surface area contributed by atoms with Crippen molar-refractivity contribution in [3.63, 3.8) is 0 Å². The van der Waals surface area contributed by atoms with Crippen molar-refractivity contribution in [2.24, 2.45) is 0 Å². The number of benzene rings is 1. The smallest absolute Gasteiger partial charge is 0.253 e. The van der Waals surface area contributed by atoms with Crippen LogP contribution in [0.15, 0.2) is 24.3 Å². The van der Waals surface area contributed by atoms with Gasteiger partial charge in [0.05, 0.1) is 0 Å². The van der Waals surface area contributed by atoms with E-state index in [1.54, 1.807) is 0 Å². The minimum Gasteiger partial charge on any atom is -0.339 e. The minimum absolute atomic E-state index is 0.122. The second-order valence-corrected chi connectivity index (χ2v) is 8.10. The van der Waals surface area contributed by atoms with Gasteiger partial charge >= 0.3 is 0 Å². The summed E-state index contributed by atoms with van der Waals surface area (Å²) in [6.45, 7) is 13.2. The van der Waals surface area contributed by atoms with E-state index in [0.29, 0.717) is 12.1 Å². The first-order valence-corrected chi connectivity index (χ1v) is 8.82. The highest BCUT2D eigenvalue weighted by atomic mass is 16.2. The number of amides is 1. The highest BCUT2D eigenvalue weighted by molar-refractivity contribution is 5.94. The maximum atomic E-state index is 12.7. The zero-order chi connectivity index (χ0) is 17.2. The molecule has 0 aromatic heterocycles. The topological polar surface area (TPSA) is 23.6 Å². The summed E-state index contributed by atoms with van der Waals surface area (Å²) < 4.78 is 0. The predicted octanol–water partition coefficient (Wildman–Crippen LogP) is 3.93. The van der Waals surface area contributed by atoms with Gasteiger partial charge in [0.15, 0.2) is 0 Å². The van der Waals surface area contributed by atoms with Crippen LogP contribution in [-0.4, -0.2) is 47.9 Å². The summed E-state index contributed by atoms with van der Waals surface area (Å²) in [6.07, 6.45) is 2.14. The number of carbonyl (C=O) groups is 1. The van der Waals surface area contributed by atoms with E-state index < -0.39 is 0 Å². The lowest BCUT2D eigenvalue weighted by atomic mass is 9.86. The Morgan fingerprint density at radius 3 is 2.09 bits per heavy atom. The van der Waals surface area contributed by atoms with Gasteiger partial charge in [0, 0.05) is 37.8 Å². The van der Waals surface area contributed by atoms with Gasteiger partial charge in [-0.3, -0.25) is 4.79 Å². The molecule has 128 valence electrons. The van der Waals surface area contributed by atoms with Gasteiger partial charge in [-0.2, -0.15) is 0 Å². The molecule has 1 aromatic carbocycles. The molecule has 1 aliphatic rings. The molecule has 1 heterocycles. The molecule has 0 unspecified atom stereocenters. The fourth-order valence-corrected chi connectivity index (χ4v) is 3.27. The van der Waals surface area contributed by atoms with Gasteiger partial charge in [0.2, 0.25) is 0 Å². The molecule has 23 heavy (non-hydrogen) atoms. The average Bonchev–Trinajstić information content (AvgIpc) is 2.53. The normalized spacial score (nSPS) is 17.5. The average molecular weight is 316 g/mol. The van der Waals surface area contributed by atoms with Crippen molar-refractivity contribution in [3.8, 4) is 0 Å². The van der Waals surface area contributed by atoms with E-state index in [1.807, 2.05) is 24.1 Å². The number of likely N-dealkylation sites (tertiary alicyclic amines) is 1. The standard InChI is InChI=1S/C20H32N2O/c1-15(2)22-13-11-18(12-14-22)21(6)19(23)16-7-9-17(10-8-16)20(3,4)5/h7-10,15,18H,11-14H2,1-6H3. The summed E-state index contributed by atoms with van der Waals surface area (Å²) >= 11 is 0. The molecule has 0 saturated carbocycles. The first kappa shape index (κ1) is 18.0. The molecule has 1 amide bonds. The van der Waals surface area contributed by atoms with Crippen LogP contribution in [0.25, 0.3) is 0 Å². The molecule has 0 aliphatic carbocycles. The maximum Gasteiger partial charge on any atom is 0.253 e. The molecular weight excluding hydrogens is 284 g/mol. The Balaban J connectivity index is 2.00. The fraction of sp³-hybridized carbons (Fsp3) is 0.650. The Bertz CT molecular complexity index is 520. The third kappa shape index (κ3) is 4.35. The van der Waals surface area contributed by atoms with Gasteiger partial charge < -0.3 is 9.80 Å². The quantitative estimate of drug-likeness (QED) is 0.843. The molecule has 1 fully saturated rings. The van der Waals surface area contributed by atoms with Crippen LogP contribution < -0.4 is 0 Å². The van der Waals surface area contributed by atoms with Crippen molar-refractivity contribution in [3.05, 3.63) is 35.4 Å².